The lowest BCUT2D eigenvalue weighted by atomic mass is 9.59. The van der Waals surface area contributed by atoms with Crippen LogP contribution in [-0.2, 0) is 25.6 Å². The maximum absolute atomic E-state index is 14.0. The number of ketones is 2. The monoisotopic (exact) mass is 709 g/mol. The topological polar surface area (TPSA) is 101 Å². The Balaban J connectivity index is 1.33. The molecular formula is C31H21BrINO6. The van der Waals surface area contributed by atoms with Gasteiger partial charge in [-0.15, -0.1) is 0 Å². The largest absolute Gasteiger partial charge is 0.508 e. The minimum atomic E-state index is -0.641. The molecule has 0 unspecified atom stereocenters. The van der Waals surface area contributed by atoms with Crippen LogP contribution in [0.3, 0.4) is 0 Å². The van der Waals surface area contributed by atoms with Gasteiger partial charge in [0.25, 0.3) is 0 Å². The Bertz CT molecular complexity index is 1680. The number of phenols is 1. The number of phenolic OH excluding ortho intramolecular Hbond substituents is 1. The van der Waals surface area contributed by atoms with E-state index in [4.69, 9.17) is 4.74 Å². The van der Waals surface area contributed by atoms with Crippen LogP contribution in [0.4, 0.5) is 5.69 Å². The van der Waals surface area contributed by atoms with Gasteiger partial charge in [-0.3, -0.25) is 24.1 Å². The molecule has 1 N–H and O–H groups in total. The van der Waals surface area contributed by atoms with E-state index in [0.717, 1.165) is 20.3 Å². The number of carbonyl (C=O) groups is 4. The SMILES string of the molecule is O=C1C=C(Br)C(=O)C2=C1[C@@H](C1=COc3ccc(O)cc3C1)C1=CC[C@@H]3C(=O)N(c4ccc(I)cc4)C(=O)[C@@H]3[C@@H]1C2. The van der Waals surface area contributed by atoms with E-state index in [9.17, 15) is 24.3 Å². The molecule has 3 aliphatic carbocycles. The van der Waals surface area contributed by atoms with Crippen LogP contribution in [0, 0.1) is 27.2 Å². The van der Waals surface area contributed by atoms with E-state index in [0.29, 0.717) is 35.4 Å². The second-order valence-electron chi connectivity index (χ2n) is 10.7. The molecule has 2 aromatic rings. The third-order valence-electron chi connectivity index (χ3n) is 8.56. The van der Waals surface area contributed by atoms with Gasteiger partial charge in [-0.2, -0.15) is 0 Å². The molecule has 2 aliphatic heterocycles. The van der Waals surface area contributed by atoms with Crippen LogP contribution in [0.2, 0.25) is 0 Å². The Hall–Kier alpha value is -3.31. The van der Waals surface area contributed by atoms with Crippen molar-refractivity contribution in [1.29, 1.82) is 0 Å². The van der Waals surface area contributed by atoms with Crippen LogP contribution >= 0.6 is 38.5 Å². The van der Waals surface area contributed by atoms with Gasteiger partial charge in [-0.1, -0.05) is 11.6 Å². The zero-order valence-electron chi connectivity index (χ0n) is 20.9. The van der Waals surface area contributed by atoms with Crippen molar-refractivity contribution in [3.8, 4) is 11.5 Å². The summed E-state index contributed by atoms with van der Waals surface area (Å²) in [6.07, 6.45) is 5.90. The van der Waals surface area contributed by atoms with Crippen molar-refractivity contribution in [2.75, 3.05) is 4.90 Å². The number of aromatic hydroxyl groups is 1. The molecular weight excluding hydrogens is 689 g/mol. The fraction of sp³-hybridized carbons (Fsp3) is 0.226. The van der Waals surface area contributed by atoms with Gasteiger partial charge in [0.2, 0.25) is 11.8 Å². The lowest BCUT2D eigenvalue weighted by molar-refractivity contribution is -0.123. The highest BCUT2D eigenvalue weighted by atomic mass is 127. The molecule has 200 valence electrons. The van der Waals surface area contributed by atoms with Gasteiger partial charge in [0, 0.05) is 38.7 Å². The summed E-state index contributed by atoms with van der Waals surface area (Å²) in [5.41, 5.74) is 3.71. The van der Waals surface area contributed by atoms with Crippen LogP contribution < -0.4 is 9.64 Å². The average molecular weight is 710 g/mol. The van der Waals surface area contributed by atoms with E-state index in [-0.39, 0.29) is 40.0 Å². The summed E-state index contributed by atoms with van der Waals surface area (Å²) in [6, 6.07) is 12.1. The Kier molecular flexibility index (Phi) is 6.01. The fourth-order valence-corrected chi connectivity index (χ4v) is 7.67. The molecule has 2 heterocycles. The predicted molar refractivity (Wildman–Crippen MR) is 158 cm³/mol. The molecule has 2 aromatic carbocycles. The molecule has 7 rings (SSSR count). The first kappa shape index (κ1) is 25.6. The summed E-state index contributed by atoms with van der Waals surface area (Å²) in [5.74, 6) is -2.51. The Morgan fingerprint density at radius 2 is 1.77 bits per heavy atom. The fourth-order valence-electron chi connectivity index (χ4n) is 6.86. The molecule has 0 radical (unpaired) electrons. The first-order valence-corrected chi connectivity index (χ1v) is 14.8. The Morgan fingerprint density at radius 3 is 2.55 bits per heavy atom. The van der Waals surface area contributed by atoms with Crippen LogP contribution in [0.25, 0.3) is 0 Å². The molecule has 7 nitrogen and oxygen atoms in total. The van der Waals surface area contributed by atoms with E-state index in [2.05, 4.69) is 38.5 Å². The van der Waals surface area contributed by atoms with Crippen molar-refractivity contribution in [3.05, 3.63) is 96.8 Å². The molecule has 0 saturated carbocycles. The summed E-state index contributed by atoms with van der Waals surface area (Å²) >= 11 is 5.43. The van der Waals surface area contributed by atoms with Gasteiger partial charge < -0.3 is 9.84 Å². The second-order valence-corrected chi connectivity index (χ2v) is 12.8. The zero-order chi connectivity index (χ0) is 27.9. The molecule has 1 saturated heterocycles. The number of allylic oxidation sites excluding steroid dienone is 7. The summed E-state index contributed by atoms with van der Waals surface area (Å²) in [5, 5.41) is 10.1. The number of halogens is 2. The number of amides is 2. The molecule has 0 aromatic heterocycles. The quantitative estimate of drug-likeness (QED) is 0.196. The number of Topliss-reactive ketones (excluding diaryl/α,β-unsaturated/α-hetero) is 1. The van der Waals surface area contributed by atoms with Crippen molar-refractivity contribution < 1.29 is 29.0 Å². The van der Waals surface area contributed by atoms with E-state index in [1.165, 1.54) is 11.0 Å². The third-order valence-corrected chi connectivity index (χ3v) is 9.87. The standard InChI is InChI=1S/C31H21BrINO6/c32-23-12-24(36)28-22(29(23)37)11-21-19(26(28)15-9-14-10-18(35)5-8-25(14)40-13-15)6-7-20-27(21)31(39)34(30(20)38)17-3-1-16(33)2-4-17/h1-6,8,10,12-13,20-21,26-27,35H,7,9,11H2/t20-,21+,26-,27-/m0/s1. The average Bonchev–Trinajstić information content (AvgIpc) is 3.20. The van der Waals surface area contributed by atoms with E-state index in [1.54, 1.807) is 36.6 Å². The first-order chi connectivity index (χ1) is 19.2. The number of anilines is 1. The van der Waals surface area contributed by atoms with Crippen molar-refractivity contribution in [2.24, 2.45) is 23.7 Å². The van der Waals surface area contributed by atoms with Gasteiger partial charge in [0.1, 0.15) is 11.5 Å². The third kappa shape index (κ3) is 3.81. The molecule has 5 aliphatic rings. The molecule has 0 bridgehead atoms. The van der Waals surface area contributed by atoms with Gasteiger partial charge in [0.05, 0.1) is 28.3 Å². The maximum atomic E-state index is 14.0. The van der Waals surface area contributed by atoms with Gasteiger partial charge in [-0.05, 0) is 105 Å². The van der Waals surface area contributed by atoms with E-state index < -0.39 is 23.7 Å². The van der Waals surface area contributed by atoms with E-state index >= 15 is 0 Å². The smallest absolute Gasteiger partial charge is 0.238 e. The normalized spacial score (nSPS) is 27.2. The number of benzene rings is 2. The Morgan fingerprint density at radius 1 is 1.00 bits per heavy atom. The number of carbonyl (C=O) groups excluding carboxylic acids is 4. The number of fused-ring (bicyclic) bond motifs is 4. The maximum Gasteiger partial charge on any atom is 0.238 e. The Labute approximate surface area is 251 Å². The molecule has 9 heteroatoms. The highest BCUT2D eigenvalue weighted by Gasteiger charge is 2.57. The predicted octanol–water partition coefficient (Wildman–Crippen LogP) is 5.31. The molecule has 1 fully saturated rings. The minimum Gasteiger partial charge on any atom is -0.508 e. The minimum absolute atomic E-state index is 0.103. The number of imide groups is 1. The first-order valence-electron chi connectivity index (χ1n) is 12.9. The van der Waals surface area contributed by atoms with Crippen molar-refractivity contribution in [3.63, 3.8) is 0 Å². The summed E-state index contributed by atoms with van der Waals surface area (Å²) in [6.45, 7) is 0. The zero-order valence-corrected chi connectivity index (χ0v) is 24.6. The van der Waals surface area contributed by atoms with Gasteiger partial charge in [-0.25, -0.2) is 0 Å². The number of rotatable bonds is 2. The highest BCUT2D eigenvalue weighted by Crippen LogP contribution is 2.55. The number of hydrogen-bond donors (Lipinski definition) is 1. The van der Waals surface area contributed by atoms with Crippen molar-refractivity contribution >= 4 is 67.6 Å². The van der Waals surface area contributed by atoms with Crippen molar-refractivity contribution in [2.45, 2.75) is 19.3 Å². The van der Waals surface area contributed by atoms with Crippen LogP contribution in [-0.4, -0.2) is 28.5 Å². The number of nitrogens with zero attached hydrogens (tertiary/aromatic N) is 1. The lowest BCUT2D eigenvalue weighted by Gasteiger charge is -2.43. The molecule has 4 atom stereocenters. The van der Waals surface area contributed by atoms with Gasteiger partial charge in [0.15, 0.2) is 11.6 Å². The second kappa shape index (κ2) is 9.37. The van der Waals surface area contributed by atoms with E-state index in [1.807, 2.05) is 18.2 Å². The van der Waals surface area contributed by atoms with Crippen LogP contribution in [0.15, 0.2) is 87.7 Å². The van der Waals surface area contributed by atoms with Crippen molar-refractivity contribution in [1.82, 2.24) is 0 Å². The molecule has 0 spiro atoms. The number of ether oxygens (including phenoxy) is 1. The molecule has 2 amide bonds. The highest BCUT2D eigenvalue weighted by molar-refractivity contribution is 14.1. The summed E-state index contributed by atoms with van der Waals surface area (Å²) < 4.78 is 7.10. The molecule has 40 heavy (non-hydrogen) atoms. The summed E-state index contributed by atoms with van der Waals surface area (Å²) in [7, 11) is 0. The lowest BCUT2D eigenvalue weighted by Crippen LogP contribution is -2.41. The van der Waals surface area contributed by atoms with Gasteiger partial charge >= 0.3 is 0 Å². The summed E-state index contributed by atoms with van der Waals surface area (Å²) in [4.78, 5) is 55.7. The number of hydrogen-bond acceptors (Lipinski definition) is 6. The van der Waals surface area contributed by atoms with Crippen LogP contribution in [0.1, 0.15) is 18.4 Å². The van der Waals surface area contributed by atoms with Crippen LogP contribution in [0.5, 0.6) is 11.5 Å².